The zero-order chi connectivity index (χ0) is 24.5. The molecule has 0 atom stereocenters. The van der Waals surface area contributed by atoms with Crippen molar-refractivity contribution in [3.05, 3.63) is 57.3 Å². The van der Waals surface area contributed by atoms with Crippen LogP contribution in [0.15, 0.2) is 46.3 Å². The molecule has 1 aromatic heterocycles. The number of amides is 1. The van der Waals surface area contributed by atoms with Crippen LogP contribution in [-0.4, -0.2) is 36.3 Å². The Morgan fingerprint density at radius 1 is 1.09 bits per heavy atom. The van der Waals surface area contributed by atoms with Crippen molar-refractivity contribution in [1.29, 1.82) is 0 Å². The van der Waals surface area contributed by atoms with Gasteiger partial charge >= 0.3 is 0 Å². The molecule has 1 heterocycles. The molecule has 0 unspecified atom stereocenters. The van der Waals surface area contributed by atoms with Gasteiger partial charge in [0, 0.05) is 30.7 Å². The highest BCUT2D eigenvalue weighted by atomic mass is 35.5. The van der Waals surface area contributed by atoms with Crippen molar-refractivity contribution in [2.45, 2.75) is 39.5 Å². The molecule has 0 saturated heterocycles. The minimum Gasteiger partial charge on any atom is -0.319 e. The van der Waals surface area contributed by atoms with Crippen LogP contribution >= 0.6 is 22.9 Å². The molecular formula is C24H30ClN3O3S2. The van der Waals surface area contributed by atoms with Crippen LogP contribution in [0.25, 0.3) is 10.2 Å². The summed E-state index contributed by atoms with van der Waals surface area (Å²) in [6.07, 6.45) is 0. The molecule has 2 aromatic carbocycles. The lowest BCUT2D eigenvalue weighted by Crippen LogP contribution is -2.37. The third kappa shape index (κ3) is 5.74. The Kier molecular flexibility index (Phi) is 7.84. The van der Waals surface area contributed by atoms with Crippen LogP contribution in [0.3, 0.4) is 0 Å². The zero-order valence-electron chi connectivity index (χ0n) is 19.8. The molecule has 3 aromatic rings. The van der Waals surface area contributed by atoms with Gasteiger partial charge in [0.15, 0.2) is 4.80 Å². The fourth-order valence-electron chi connectivity index (χ4n) is 3.73. The third-order valence-electron chi connectivity index (χ3n) is 5.13. The van der Waals surface area contributed by atoms with Gasteiger partial charge in [-0.05, 0) is 60.7 Å². The van der Waals surface area contributed by atoms with E-state index in [1.165, 1.54) is 39.9 Å². The number of rotatable bonds is 7. The van der Waals surface area contributed by atoms with Crippen LogP contribution in [0, 0.1) is 18.8 Å². The maximum Gasteiger partial charge on any atom is 0.279 e. The first-order valence-electron chi connectivity index (χ1n) is 10.8. The number of fused-ring (bicyclic) bond motifs is 1. The topological polar surface area (TPSA) is 71.7 Å². The number of aromatic nitrogens is 1. The molecule has 178 valence electrons. The number of halogens is 1. The lowest BCUT2D eigenvalue weighted by atomic mass is 10.2. The molecule has 0 aliphatic heterocycles. The summed E-state index contributed by atoms with van der Waals surface area (Å²) in [5.41, 5.74) is 2.32. The van der Waals surface area contributed by atoms with Crippen LogP contribution in [0.2, 0.25) is 5.02 Å². The van der Waals surface area contributed by atoms with E-state index in [4.69, 9.17) is 11.6 Å². The van der Waals surface area contributed by atoms with Gasteiger partial charge in [-0.15, -0.1) is 0 Å². The Balaban J connectivity index is 1.92. The molecule has 0 aliphatic rings. The van der Waals surface area contributed by atoms with Crippen LogP contribution in [0.4, 0.5) is 0 Å². The summed E-state index contributed by atoms with van der Waals surface area (Å²) < 4.78 is 30.7. The Bertz CT molecular complexity index is 1330. The van der Waals surface area contributed by atoms with E-state index in [-0.39, 0.29) is 16.7 Å². The summed E-state index contributed by atoms with van der Waals surface area (Å²) in [6.45, 7) is 10.8. The first kappa shape index (κ1) is 25.6. The van der Waals surface area contributed by atoms with Crippen LogP contribution in [-0.2, 0) is 17.1 Å². The Labute approximate surface area is 204 Å². The van der Waals surface area contributed by atoms with Gasteiger partial charge in [-0.25, -0.2) is 8.42 Å². The molecule has 0 spiro atoms. The number of benzene rings is 2. The average molecular weight is 508 g/mol. The zero-order valence-corrected chi connectivity index (χ0v) is 22.2. The first-order valence-corrected chi connectivity index (χ1v) is 13.5. The maximum atomic E-state index is 13.2. The number of hydrogen-bond donors (Lipinski definition) is 0. The van der Waals surface area contributed by atoms with E-state index < -0.39 is 15.9 Å². The number of sulfonamides is 1. The molecule has 0 bridgehead atoms. The van der Waals surface area contributed by atoms with Gasteiger partial charge in [0.25, 0.3) is 5.91 Å². The highest BCUT2D eigenvalue weighted by molar-refractivity contribution is 7.89. The molecule has 0 aliphatic carbocycles. The monoisotopic (exact) mass is 507 g/mol. The first-order chi connectivity index (χ1) is 15.4. The summed E-state index contributed by atoms with van der Waals surface area (Å²) in [5, 5.41) is 0.639. The van der Waals surface area contributed by atoms with E-state index in [1.807, 2.05) is 58.4 Å². The van der Waals surface area contributed by atoms with Gasteiger partial charge in [0.2, 0.25) is 10.0 Å². The van der Waals surface area contributed by atoms with Crippen molar-refractivity contribution in [3.8, 4) is 0 Å². The number of nitrogens with zero attached hydrogens (tertiary/aromatic N) is 3. The fourth-order valence-corrected chi connectivity index (χ4v) is 6.97. The number of carbonyl (C=O) groups excluding carboxylic acids is 1. The molecule has 33 heavy (non-hydrogen) atoms. The standard InChI is InChI=1S/C24H30ClN3O3S2/c1-15(2)13-28(14-16(3)4)33(30,31)20-9-7-18(8-10-20)23(29)26-24-27(6)22-17(5)11-19(25)12-21(22)32-24/h7-12,15-16H,13-14H2,1-6H3. The predicted molar refractivity (Wildman–Crippen MR) is 135 cm³/mol. The Morgan fingerprint density at radius 2 is 1.67 bits per heavy atom. The van der Waals surface area contributed by atoms with Gasteiger partial charge in [-0.1, -0.05) is 50.6 Å². The molecular weight excluding hydrogens is 478 g/mol. The summed E-state index contributed by atoms with van der Waals surface area (Å²) >= 11 is 7.55. The molecule has 0 fully saturated rings. The maximum absolute atomic E-state index is 13.2. The van der Waals surface area contributed by atoms with Crippen molar-refractivity contribution >= 4 is 49.1 Å². The van der Waals surface area contributed by atoms with Crippen molar-refractivity contribution < 1.29 is 13.2 Å². The molecule has 9 heteroatoms. The van der Waals surface area contributed by atoms with Gasteiger partial charge in [-0.2, -0.15) is 9.30 Å². The largest absolute Gasteiger partial charge is 0.319 e. The molecule has 0 saturated carbocycles. The summed E-state index contributed by atoms with van der Waals surface area (Å²) in [7, 11) is -1.79. The number of carbonyl (C=O) groups is 1. The van der Waals surface area contributed by atoms with E-state index in [1.54, 1.807) is 0 Å². The van der Waals surface area contributed by atoms with Crippen LogP contribution in [0.1, 0.15) is 43.6 Å². The molecule has 0 N–H and O–H groups in total. The Morgan fingerprint density at radius 3 is 2.21 bits per heavy atom. The quantitative estimate of drug-likeness (QED) is 0.438. The molecule has 0 radical (unpaired) electrons. The van der Waals surface area contributed by atoms with Gasteiger partial charge in [0.05, 0.1) is 15.1 Å². The Hall–Kier alpha value is -2.00. The second kappa shape index (κ2) is 10.1. The summed E-state index contributed by atoms with van der Waals surface area (Å²) in [5.74, 6) is -0.0106. The van der Waals surface area contributed by atoms with Crippen molar-refractivity contribution in [2.75, 3.05) is 13.1 Å². The van der Waals surface area contributed by atoms with Crippen LogP contribution < -0.4 is 4.80 Å². The van der Waals surface area contributed by atoms with E-state index in [2.05, 4.69) is 4.99 Å². The molecule has 1 amide bonds. The number of hydrogen-bond acceptors (Lipinski definition) is 4. The SMILES string of the molecule is Cc1cc(Cl)cc2sc(=NC(=O)c3ccc(S(=O)(=O)N(CC(C)C)CC(C)C)cc3)n(C)c12. The minimum atomic E-state index is -3.65. The molecule has 6 nitrogen and oxygen atoms in total. The van der Waals surface area contributed by atoms with Gasteiger partial charge < -0.3 is 4.57 Å². The predicted octanol–water partition coefficient (Wildman–Crippen LogP) is 5.25. The molecule has 3 rings (SSSR count). The van der Waals surface area contributed by atoms with E-state index >= 15 is 0 Å². The third-order valence-corrected chi connectivity index (χ3v) is 8.27. The van der Waals surface area contributed by atoms with E-state index in [0.717, 1.165) is 15.8 Å². The summed E-state index contributed by atoms with van der Waals surface area (Å²) in [4.78, 5) is 17.8. The normalized spacial score (nSPS) is 13.1. The number of aryl methyl sites for hydroxylation is 2. The second-order valence-electron chi connectivity index (χ2n) is 9.06. The van der Waals surface area contributed by atoms with E-state index in [9.17, 15) is 13.2 Å². The lowest BCUT2D eigenvalue weighted by Gasteiger charge is -2.25. The second-order valence-corrected chi connectivity index (χ2v) is 12.4. The minimum absolute atomic E-state index is 0.179. The lowest BCUT2D eigenvalue weighted by molar-refractivity contribution is 0.0998. The highest BCUT2D eigenvalue weighted by Gasteiger charge is 2.26. The van der Waals surface area contributed by atoms with E-state index in [0.29, 0.717) is 28.5 Å². The van der Waals surface area contributed by atoms with Crippen molar-refractivity contribution in [1.82, 2.24) is 8.87 Å². The fraction of sp³-hybridized carbons (Fsp3) is 0.417. The smallest absolute Gasteiger partial charge is 0.279 e. The van der Waals surface area contributed by atoms with Crippen molar-refractivity contribution in [2.24, 2.45) is 23.9 Å². The highest BCUT2D eigenvalue weighted by Crippen LogP contribution is 2.25. The van der Waals surface area contributed by atoms with Gasteiger partial charge in [0.1, 0.15) is 0 Å². The van der Waals surface area contributed by atoms with Crippen LogP contribution in [0.5, 0.6) is 0 Å². The summed E-state index contributed by atoms with van der Waals surface area (Å²) in [6, 6.07) is 9.76. The average Bonchev–Trinajstić information content (AvgIpc) is 3.02. The van der Waals surface area contributed by atoms with Crippen molar-refractivity contribution in [3.63, 3.8) is 0 Å². The van der Waals surface area contributed by atoms with Gasteiger partial charge in [-0.3, -0.25) is 4.79 Å². The number of thiazole rings is 1.